The average Bonchev–Trinajstić information content (AvgIpc) is 2.41. The predicted octanol–water partition coefficient (Wildman–Crippen LogP) is 3.79. The number of benzene rings is 2. The van der Waals surface area contributed by atoms with Gasteiger partial charge in [0.2, 0.25) is 0 Å². The van der Waals surface area contributed by atoms with Gasteiger partial charge in [0.05, 0.1) is 11.6 Å². The number of nitriles is 1. The lowest BCUT2D eigenvalue weighted by atomic mass is 10.0. The Morgan fingerprint density at radius 1 is 1.11 bits per heavy atom. The third kappa shape index (κ3) is 2.70. The molecule has 0 atom stereocenters. The molecular formula is C16H16N2. The van der Waals surface area contributed by atoms with Crippen LogP contribution in [0.2, 0.25) is 0 Å². The molecule has 0 amide bonds. The van der Waals surface area contributed by atoms with Gasteiger partial charge in [0.1, 0.15) is 0 Å². The normalized spacial score (nSPS) is 9.83. The molecule has 0 aromatic heterocycles. The molecule has 2 heteroatoms. The lowest BCUT2D eigenvalue weighted by Crippen LogP contribution is -2.02. The smallest absolute Gasteiger partial charge is 0.0992 e. The minimum absolute atomic E-state index is 0.681. The third-order valence-electron chi connectivity index (χ3n) is 3.19. The Morgan fingerprint density at radius 2 is 1.89 bits per heavy atom. The van der Waals surface area contributed by atoms with Crippen molar-refractivity contribution in [3.05, 3.63) is 64.7 Å². The lowest BCUT2D eigenvalue weighted by Gasteiger charge is -2.11. The molecule has 0 aliphatic carbocycles. The molecule has 0 saturated carbocycles. The van der Waals surface area contributed by atoms with E-state index in [4.69, 9.17) is 5.26 Å². The quantitative estimate of drug-likeness (QED) is 0.880. The first-order valence-corrected chi connectivity index (χ1v) is 6.00. The van der Waals surface area contributed by atoms with E-state index in [-0.39, 0.29) is 0 Å². The van der Waals surface area contributed by atoms with Crippen LogP contribution >= 0.6 is 0 Å². The van der Waals surface area contributed by atoms with E-state index in [0.717, 1.165) is 12.2 Å². The van der Waals surface area contributed by atoms with E-state index in [1.54, 1.807) is 0 Å². The summed E-state index contributed by atoms with van der Waals surface area (Å²) in [5.41, 5.74) is 5.58. The summed E-state index contributed by atoms with van der Waals surface area (Å²) < 4.78 is 0. The Labute approximate surface area is 108 Å². The number of nitrogens with one attached hydrogen (secondary N) is 1. The number of hydrogen-bond donors (Lipinski definition) is 1. The lowest BCUT2D eigenvalue weighted by molar-refractivity contribution is 1.10. The van der Waals surface area contributed by atoms with Gasteiger partial charge in [0, 0.05) is 12.2 Å². The molecule has 0 bridgehead atoms. The minimum Gasteiger partial charge on any atom is -0.381 e. The first-order chi connectivity index (χ1) is 8.70. The van der Waals surface area contributed by atoms with Crippen LogP contribution in [0.15, 0.2) is 42.5 Å². The Balaban J connectivity index is 2.12. The third-order valence-corrected chi connectivity index (χ3v) is 3.19. The SMILES string of the molecule is Cc1cccc(CNc2cccc(C#N)c2)c1C. The molecule has 0 heterocycles. The van der Waals surface area contributed by atoms with E-state index >= 15 is 0 Å². The highest BCUT2D eigenvalue weighted by molar-refractivity contribution is 5.50. The van der Waals surface area contributed by atoms with Gasteiger partial charge >= 0.3 is 0 Å². The van der Waals surface area contributed by atoms with Gasteiger partial charge in [-0.05, 0) is 48.7 Å². The summed E-state index contributed by atoms with van der Waals surface area (Å²) in [6, 6.07) is 16.0. The highest BCUT2D eigenvalue weighted by Gasteiger charge is 2.01. The van der Waals surface area contributed by atoms with E-state index in [0.29, 0.717) is 5.56 Å². The Hall–Kier alpha value is -2.27. The van der Waals surface area contributed by atoms with Crippen molar-refractivity contribution in [2.45, 2.75) is 20.4 Å². The molecule has 0 aliphatic heterocycles. The molecule has 0 fully saturated rings. The second-order valence-electron chi connectivity index (χ2n) is 4.41. The van der Waals surface area contributed by atoms with Crippen LogP contribution < -0.4 is 5.32 Å². The van der Waals surface area contributed by atoms with E-state index in [2.05, 4.69) is 43.4 Å². The Morgan fingerprint density at radius 3 is 2.67 bits per heavy atom. The molecule has 0 spiro atoms. The van der Waals surface area contributed by atoms with Gasteiger partial charge in [0.15, 0.2) is 0 Å². The van der Waals surface area contributed by atoms with Crippen molar-refractivity contribution in [3.63, 3.8) is 0 Å². The average molecular weight is 236 g/mol. The van der Waals surface area contributed by atoms with Crippen LogP contribution in [0.4, 0.5) is 5.69 Å². The minimum atomic E-state index is 0.681. The van der Waals surface area contributed by atoms with Gasteiger partial charge in [-0.2, -0.15) is 5.26 Å². The number of aryl methyl sites for hydroxylation is 1. The van der Waals surface area contributed by atoms with Gasteiger partial charge in [-0.1, -0.05) is 24.3 Å². The van der Waals surface area contributed by atoms with Crippen molar-refractivity contribution in [3.8, 4) is 6.07 Å². The molecular weight excluding hydrogens is 220 g/mol. The zero-order valence-electron chi connectivity index (χ0n) is 10.7. The highest BCUT2D eigenvalue weighted by Crippen LogP contribution is 2.16. The zero-order chi connectivity index (χ0) is 13.0. The summed E-state index contributed by atoms with van der Waals surface area (Å²) in [5.74, 6) is 0. The summed E-state index contributed by atoms with van der Waals surface area (Å²) in [4.78, 5) is 0. The fourth-order valence-electron chi connectivity index (χ4n) is 1.90. The first kappa shape index (κ1) is 12.2. The molecule has 2 rings (SSSR count). The molecule has 1 N–H and O–H groups in total. The molecule has 2 aromatic rings. The molecule has 90 valence electrons. The van der Waals surface area contributed by atoms with Crippen LogP contribution in [0, 0.1) is 25.2 Å². The number of rotatable bonds is 3. The second kappa shape index (κ2) is 5.37. The standard InChI is InChI=1S/C16H16N2/c1-12-5-3-7-15(13(12)2)11-18-16-8-4-6-14(9-16)10-17/h3-9,18H,11H2,1-2H3. The van der Waals surface area contributed by atoms with Crippen molar-refractivity contribution in [2.75, 3.05) is 5.32 Å². The Kier molecular flexibility index (Phi) is 3.64. The number of anilines is 1. The summed E-state index contributed by atoms with van der Waals surface area (Å²) >= 11 is 0. The van der Waals surface area contributed by atoms with Crippen LogP contribution in [0.3, 0.4) is 0 Å². The monoisotopic (exact) mass is 236 g/mol. The maximum Gasteiger partial charge on any atom is 0.0992 e. The van der Waals surface area contributed by atoms with Crippen LogP contribution in [-0.2, 0) is 6.54 Å². The molecule has 0 radical (unpaired) electrons. The highest BCUT2D eigenvalue weighted by atomic mass is 14.9. The van der Waals surface area contributed by atoms with Crippen molar-refractivity contribution in [1.82, 2.24) is 0 Å². The van der Waals surface area contributed by atoms with Crippen molar-refractivity contribution >= 4 is 5.69 Å². The van der Waals surface area contributed by atoms with Crippen LogP contribution in [0.1, 0.15) is 22.3 Å². The first-order valence-electron chi connectivity index (χ1n) is 6.00. The molecule has 2 nitrogen and oxygen atoms in total. The van der Waals surface area contributed by atoms with Crippen molar-refractivity contribution < 1.29 is 0 Å². The molecule has 2 aromatic carbocycles. The van der Waals surface area contributed by atoms with Crippen LogP contribution in [0.5, 0.6) is 0 Å². The second-order valence-corrected chi connectivity index (χ2v) is 4.41. The van der Waals surface area contributed by atoms with E-state index in [1.165, 1.54) is 16.7 Å². The molecule has 18 heavy (non-hydrogen) atoms. The summed E-state index contributed by atoms with van der Waals surface area (Å²) in [7, 11) is 0. The predicted molar refractivity (Wildman–Crippen MR) is 74.4 cm³/mol. The van der Waals surface area contributed by atoms with Gasteiger partial charge < -0.3 is 5.32 Å². The largest absolute Gasteiger partial charge is 0.381 e. The fraction of sp³-hybridized carbons (Fsp3) is 0.188. The molecule has 0 aliphatic rings. The summed E-state index contributed by atoms with van der Waals surface area (Å²) in [6.07, 6.45) is 0. The topological polar surface area (TPSA) is 35.8 Å². The van der Waals surface area contributed by atoms with Gasteiger partial charge in [-0.15, -0.1) is 0 Å². The zero-order valence-corrected chi connectivity index (χ0v) is 10.7. The number of nitrogens with zero attached hydrogens (tertiary/aromatic N) is 1. The van der Waals surface area contributed by atoms with Crippen LogP contribution in [-0.4, -0.2) is 0 Å². The van der Waals surface area contributed by atoms with Gasteiger partial charge in [-0.3, -0.25) is 0 Å². The summed E-state index contributed by atoms with van der Waals surface area (Å²) in [6.45, 7) is 5.04. The maximum atomic E-state index is 8.85. The van der Waals surface area contributed by atoms with Crippen molar-refractivity contribution in [1.29, 1.82) is 5.26 Å². The maximum absolute atomic E-state index is 8.85. The Bertz CT molecular complexity index is 594. The number of hydrogen-bond acceptors (Lipinski definition) is 2. The van der Waals surface area contributed by atoms with E-state index in [9.17, 15) is 0 Å². The molecule has 0 unspecified atom stereocenters. The van der Waals surface area contributed by atoms with Gasteiger partial charge in [-0.25, -0.2) is 0 Å². The van der Waals surface area contributed by atoms with Crippen LogP contribution in [0.25, 0.3) is 0 Å². The molecule has 0 saturated heterocycles. The van der Waals surface area contributed by atoms with E-state index < -0.39 is 0 Å². The van der Waals surface area contributed by atoms with Gasteiger partial charge in [0.25, 0.3) is 0 Å². The van der Waals surface area contributed by atoms with Crippen molar-refractivity contribution in [2.24, 2.45) is 0 Å². The fourth-order valence-corrected chi connectivity index (χ4v) is 1.90. The van der Waals surface area contributed by atoms with E-state index in [1.807, 2.05) is 24.3 Å². The summed E-state index contributed by atoms with van der Waals surface area (Å²) in [5, 5.41) is 12.2.